The van der Waals surface area contributed by atoms with Crippen LogP contribution in [0.15, 0.2) is 54.9 Å². The molecule has 0 unspecified atom stereocenters. The molecule has 3 aromatic rings. The summed E-state index contributed by atoms with van der Waals surface area (Å²) in [6, 6.07) is 15.5. The van der Waals surface area contributed by atoms with E-state index in [0.717, 1.165) is 28.7 Å². The van der Waals surface area contributed by atoms with Crippen molar-refractivity contribution < 1.29 is 4.90 Å². The lowest BCUT2D eigenvalue weighted by atomic mass is 9.90. The van der Waals surface area contributed by atoms with Crippen LogP contribution in [0.1, 0.15) is 37.3 Å². The highest BCUT2D eigenvalue weighted by molar-refractivity contribution is 7.71. The van der Waals surface area contributed by atoms with Gasteiger partial charge in [-0.1, -0.05) is 30.3 Å². The molecule has 1 aromatic carbocycles. The molecule has 2 aliphatic rings. The minimum atomic E-state index is 0.512. The minimum absolute atomic E-state index is 0.512. The van der Waals surface area contributed by atoms with Crippen molar-refractivity contribution in [1.82, 2.24) is 19.3 Å². The predicted octanol–water partition coefficient (Wildman–Crippen LogP) is 3.31. The van der Waals surface area contributed by atoms with E-state index >= 15 is 0 Å². The van der Waals surface area contributed by atoms with E-state index in [1.54, 1.807) is 11.1 Å². The van der Waals surface area contributed by atoms with Gasteiger partial charge in [0.1, 0.15) is 0 Å². The molecule has 3 heterocycles. The van der Waals surface area contributed by atoms with E-state index in [1.807, 2.05) is 12.3 Å². The van der Waals surface area contributed by atoms with Crippen LogP contribution in [0.4, 0.5) is 0 Å². The molecular weight excluding hydrogens is 378 g/mol. The van der Waals surface area contributed by atoms with Gasteiger partial charge < -0.3 is 4.90 Å². The van der Waals surface area contributed by atoms with E-state index in [1.165, 1.54) is 50.8 Å². The normalized spacial score (nSPS) is 21.9. The summed E-state index contributed by atoms with van der Waals surface area (Å²) in [5.74, 6) is 1.77. The first-order valence-corrected chi connectivity index (χ1v) is 11.2. The first-order valence-electron chi connectivity index (χ1n) is 10.7. The molecule has 1 saturated carbocycles. The van der Waals surface area contributed by atoms with Crippen LogP contribution in [-0.2, 0) is 13.1 Å². The van der Waals surface area contributed by atoms with Crippen molar-refractivity contribution in [3.8, 4) is 11.4 Å². The molecule has 29 heavy (non-hydrogen) atoms. The Labute approximate surface area is 177 Å². The first kappa shape index (κ1) is 18.7. The Bertz CT molecular complexity index is 999. The van der Waals surface area contributed by atoms with E-state index in [9.17, 15) is 0 Å². The number of pyridine rings is 1. The van der Waals surface area contributed by atoms with Gasteiger partial charge in [-0.2, -0.15) is 4.68 Å². The molecular formula is C23H28N5S+. The van der Waals surface area contributed by atoms with Gasteiger partial charge in [-0.25, -0.2) is 0 Å². The molecule has 0 amide bonds. The third-order valence-corrected chi connectivity index (χ3v) is 6.66. The third-order valence-electron chi connectivity index (χ3n) is 6.26. The zero-order valence-electron chi connectivity index (χ0n) is 16.7. The summed E-state index contributed by atoms with van der Waals surface area (Å²) < 4.78 is 5.18. The minimum Gasteiger partial charge on any atom is -0.316 e. The maximum atomic E-state index is 5.84. The smallest absolute Gasteiger partial charge is 0.203 e. The summed E-state index contributed by atoms with van der Waals surface area (Å²) in [6.45, 7) is 3.25. The van der Waals surface area contributed by atoms with Crippen molar-refractivity contribution >= 4 is 12.2 Å². The van der Waals surface area contributed by atoms with Crippen LogP contribution >= 0.6 is 12.2 Å². The molecule has 0 radical (unpaired) electrons. The quantitative estimate of drug-likeness (QED) is 0.639. The highest BCUT2D eigenvalue weighted by Gasteiger charge is 2.30. The van der Waals surface area contributed by atoms with Gasteiger partial charge in [0.15, 0.2) is 12.5 Å². The highest BCUT2D eigenvalue weighted by atomic mass is 32.1. The number of rotatable bonds is 6. The van der Waals surface area contributed by atoms with Crippen molar-refractivity contribution in [2.45, 2.75) is 44.8 Å². The topological polar surface area (TPSA) is 40.1 Å². The van der Waals surface area contributed by atoms with Crippen molar-refractivity contribution in [1.29, 1.82) is 0 Å². The monoisotopic (exact) mass is 406 g/mol. The standard InChI is InChI=1S/C23H27N5S/c29-23-27(25-22(28(23)21-8-9-21)20-7-4-12-24-16-20)17-26-13-10-19(11-14-26)15-18-5-2-1-3-6-18/h1-7,12,16,19,21H,8-11,13-15,17H2/p+1. The van der Waals surface area contributed by atoms with E-state index in [-0.39, 0.29) is 0 Å². The zero-order chi connectivity index (χ0) is 19.6. The SMILES string of the molecule is S=c1n(C[NH+]2CCC(Cc3ccccc3)CC2)nc(-c2cccnc2)n1C1CC1. The lowest BCUT2D eigenvalue weighted by molar-refractivity contribution is -0.929. The lowest BCUT2D eigenvalue weighted by Gasteiger charge is -2.29. The first-order chi connectivity index (χ1) is 14.3. The number of likely N-dealkylation sites (tertiary alicyclic amines) is 1. The molecule has 2 aromatic heterocycles. The number of quaternary nitrogens is 1. The van der Waals surface area contributed by atoms with Gasteiger partial charge in [0.2, 0.25) is 4.77 Å². The Morgan fingerprint density at radius 1 is 1.00 bits per heavy atom. The van der Waals surface area contributed by atoms with E-state index in [0.29, 0.717) is 6.04 Å². The Hall–Kier alpha value is -2.31. The second-order valence-electron chi connectivity index (χ2n) is 8.49. The van der Waals surface area contributed by atoms with E-state index in [4.69, 9.17) is 17.3 Å². The Morgan fingerprint density at radius 2 is 1.79 bits per heavy atom. The molecule has 6 heteroatoms. The molecule has 0 atom stereocenters. The number of piperidine rings is 1. The zero-order valence-corrected chi connectivity index (χ0v) is 17.5. The van der Waals surface area contributed by atoms with Gasteiger partial charge in [-0.15, -0.1) is 5.10 Å². The van der Waals surface area contributed by atoms with Gasteiger partial charge in [-0.3, -0.25) is 9.55 Å². The highest BCUT2D eigenvalue weighted by Crippen LogP contribution is 2.38. The van der Waals surface area contributed by atoms with Crippen molar-refractivity contribution in [3.63, 3.8) is 0 Å². The van der Waals surface area contributed by atoms with Crippen LogP contribution in [0.3, 0.4) is 0 Å². The molecule has 5 rings (SSSR count). The molecule has 2 fully saturated rings. The van der Waals surface area contributed by atoms with Gasteiger partial charge in [0.05, 0.1) is 13.1 Å². The number of nitrogens with zero attached hydrogens (tertiary/aromatic N) is 4. The van der Waals surface area contributed by atoms with E-state index in [2.05, 4.69) is 50.6 Å². The van der Waals surface area contributed by atoms with Gasteiger partial charge in [0, 0.05) is 24.0 Å². The summed E-state index contributed by atoms with van der Waals surface area (Å²) in [5.41, 5.74) is 2.52. The van der Waals surface area contributed by atoms with Crippen LogP contribution in [0.5, 0.6) is 0 Å². The molecule has 1 N–H and O–H groups in total. The lowest BCUT2D eigenvalue weighted by Crippen LogP contribution is -3.12. The fourth-order valence-electron chi connectivity index (χ4n) is 4.48. The van der Waals surface area contributed by atoms with Crippen molar-refractivity contribution in [3.05, 3.63) is 65.2 Å². The number of nitrogens with one attached hydrogen (secondary N) is 1. The Kier molecular flexibility index (Phi) is 5.29. The fourth-order valence-corrected chi connectivity index (χ4v) is 4.83. The van der Waals surface area contributed by atoms with Gasteiger partial charge in [-0.05, 0) is 67.9 Å². The summed E-state index contributed by atoms with van der Waals surface area (Å²) in [6.07, 6.45) is 9.85. The summed E-state index contributed by atoms with van der Waals surface area (Å²) in [5, 5.41) is 4.94. The van der Waals surface area contributed by atoms with Crippen LogP contribution in [0, 0.1) is 10.7 Å². The maximum absolute atomic E-state index is 5.84. The molecule has 1 aliphatic heterocycles. The Balaban J connectivity index is 1.27. The summed E-state index contributed by atoms with van der Waals surface area (Å²) in [4.78, 5) is 5.86. The number of aromatic nitrogens is 4. The Morgan fingerprint density at radius 3 is 2.48 bits per heavy atom. The average Bonchev–Trinajstić information content (AvgIpc) is 3.55. The largest absolute Gasteiger partial charge is 0.316 e. The van der Waals surface area contributed by atoms with Gasteiger partial charge in [0.25, 0.3) is 0 Å². The third kappa shape index (κ3) is 4.19. The number of benzene rings is 1. The molecule has 150 valence electrons. The molecule has 1 aliphatic carbocycles. The average molecular weight is 407 g/mol. The molecule has 1 saturated heterocycles. The van der Waals surface area contributed by atoms with Crippen LogP contribution < -0.4 is 4.90 Å². The molecule has 5 nitrogen and oxygen atoms in total. The van der Waals surface area contributed by atoms with Gasteiger partial charge >= 0.3 is 0 Å². The second kappa shape index (κ2) is 8.20. The van der Waals surface area contributed by atoms with Crippen LogP contribution in [0.25, 0.3) is 11.4 Å². The summed E-state index contributed by atoms with van der Waals surface area (Å²) in [7, 11) is 0. The number of hydrogen-bond acceptors (Lipinski definition) is 3. The predicted molar refractivity (Wildman–Crippen MR) is 116 cm³/mol. The second-order valence-corrected chi connectivity index (χ2v) is 8.85. The van der Waals surface area contributed by atoms with Crippen molar-refractivity contribution in [2.24, 2.45) is 5.92 Å². The van der Waals surface area contributed by atoms with Crippen LogP contribution in [0.2, 0.25) is 0 Å². The summed E-state index contributed by atoms with van der Waals surface area (Å²) >= 11 is 5.84. The maximum Gasteiger partial charge on any atom is 0.203 e. The number of hydrogen-bond donors (Lipinski definition) is 1. The molecule has 0 bridgehead atoms. The van der Waals surface area contributed by atoms with E-state index < -0.39 is 0 Å². The fraction of sp³-hybridized carbons (Fsp3) is 0.435. The van der Waals surface area contributed by atoms with Crippen LogP contribution in [-0.4, -0.2) is 32.4 Å². The molecule has 0 spiro atoms. The van der Waals surface area contributed by atoms with Crippen molar-refractivity contribution in [2.75, 3.05) is 13.1 Å².